The van der Waals surface area contributed by atoms with Gasteiger partial charge < -0.3 is 5.11 Å². The average molecular weight is 247 g/mol. The Hall–Kier alpha value is -1.35. The first-order valence-electron chi connectivity index (χ1n) is 6.56. The highest BCUT2D eigenvalue weighted by atomic mass is 16.4. The van der Waals surface area contributed by atoms with Crippen molar-refractivity contribution in [2.75, 3.05) is 0 Å². The third-order valence-electron chi connectivity index (χ3n) is 4.05. The molecule has 3 nitrogen and oxygen atoms in total. The van der Waals surface area contributed by atoms with Crippen LogP contribution in [0.2, 0.25) is 0 Å². The molecule has 1 aliphatic rings. The summed E-state index contributed by atoms with van der Waals surface area (Å²) in [6, 6.07) is 9.95. The van der Waals surface area contributed by atoms with Gasteiger partial charge in [0, 0.05) is 6.54 Å². The van der Waals surface area contributed by atoms with E-state index in [9.17, 15) is 9.90 Å². The average Bonchev–Trinajstić information content (AvgIpc) is 2.28. The van der Waals surface area contributed by atoms with Crippen molar-refractivity contribution < 1.29 is 9.90 Å². The van der Waals surface area contributed by atoms with Crippen molar-refractivity contribution in [3.05, 3.63) is 35.9 Å². The molecule has 1 aromatic carbocycles. The van der Waals surface area contributed by atoms with Crippen LogP contribution < -0.4 is 5.32 Å². The normalized spacial score (nSPS) is 26.9. The van der Waals surface area contributed by atoms with E-state index in [0.29, 0.717) is 18.4 Å². The van der Waals surface area contributed by atoms with Crippen molar-refractivity contribution in [2.24, 2.45) is 11.8 Å². The van der Waals surface area contributed by atoms with Crippen LogP contribution in [0.15, 0.2) is 30.3 Å². The van der Waals surface area contributed by atoms with Gasteiger partial charge in [0.2, 0.25) is 0 Å². The second-order valence-electron chi connectivity index (χ2n) is 5.64. The fraction of sp³-hybridized carbons (Fsp3) is 0.533. The Morgan fingerprint density at radius 2 is 2.00 bits per heavy atom. The quantitative estimate of drug-likeness (QED) is 0.841. The molecule has 1 fully saturated rings. The molecule has 3 heteroatoms. The molecular formula is C15H21NO2. The zero-order chi connectivity index (χ0) is 13.2. The molecule has 0 unspecified atom stereocenters. The van der Waals surface area contributed by atoms with Gasteiger partial charge in [-0.3, -0.25) is 10.1 Å². The largest absolute Gasteiger partial charge is 0.480 e. The van der Waals surface area contributed by atoms with Gasteiger partial charge in [-0.15, -0.1) is 0 Å². The maximum absolute atomic E-state index is 11.4. The van der Waals surface area contributed by atoms with Crippen LogP contribution in [0.1, 0.15) is 32.3 Å². The zero-order valence-corrected chi connectivity index (χ0v) is 11.0. The van der Waals surface area contributed by atoms with Crippen LogP contribution in [0.25, 0.3) is 0 Å². The van der Waals surface area contributed by atoms with E-state index in [-0.39, 0.29) is 0 Å². The minimum atomic E-state index is -0.713. The molecule has 1 saturated carbocycles. The molecule has 1 aromatic rings. The van der Waals surface area contributed by atoms with Crippen LogP contribution in [0.4, 0.5) is 0 Å². The van der Waals surface area contributed by atoms with Gasteiger partial charge in [-0.1, -0.05) is 44.2 Å². The second kappa shape index (κ2) is 5.11. The molecule has 0 heterocycles. The number of carbonyl (C=O) groups is 1. The second-order valence-corrected chi connectivity index (χ2v) is 5.64. The van der Waals surface area contributed by atoms with Gasteiger partial charge >= 0.3 is 5.97 Å². The summed E-state index contributed by atoms with van der Waals surface area (Å²) in [6.07, 6.45) is 1.49. The minimum Gasteiger partial charge on any atom is -0.480 e. The summed E-state index contributed by atoms with van der Waals surface area (Å²) < 4.78 is 0. The maximum atomic E-state index is 11.4. The smallest absolute Gasteiger partial charge is 0.323 e. The summed E-state index contributed by atoms with van der Waals surface area (Å²) in [4.78, 5) is 11.4. The lowest BCUT2D eigenvalue weighted by Crippen LogP contribution is -2.61. The number of carboxylic acids is 1. The molecule has 0 atom stereocenters. The van der Waals surface area contributed by atoms with Gasteiger partial charge in [0.05, 0.1) is 0 Å². The third kappa shape index (κ3) is 2.56. The SMILES string of the molecule is CC(C)C1CC(NCc2ccccc2)(C(=O)O)C1. The fourth-order valence-electron chi connectivity index (χ4n) is 2.57. The third-order valence-corrected chi connectivity index (χ3v) is 4.05. The highest BCUT2D eigenvalue weighted by Crippen LogP contribution is 2.42. The molecule has 1 aliphatic carbocycles. The number of carboxylic acid groups (broad SMARTS) is 1. The van der Waals surface area contributed by atoms with Gasteiger partial charge in [-0.25, -0.2) is 0 Å². The van der Waals surface area contributed by atoms with Crippen LogP contribution in [0.3, 0.4) is 0 Å². The summed E-state index contributed by atoms with van der Waals surface area (Å²) in [5.74, 6) is 0.385. The lowest BCUT2D eigenvalue weighted by molar-refractivity contribution is -0.152. The Balaban J connectivity index is 1.95. The van der Waals surface area contributed by atoms with Crippen molar-refractivity contribution in [1.29, 1.82) is 0 Å². The molecule has 0 aromatic heterocycles. The van der Waals surface area contributed by atoms with Gasteiger partial charge in [-0.2, -0.15) is 0 Å². The first kappa shape index (κ1) is 13.1. The summed E-state index contributed by atoms with van der Waals surface area (Å²) in [6.45, 7) is 4.94. The number of rotatable bonds is 5. The van der Waals surface area contributed by atoms with Crippen molar-refractivity contribution in [2.45, 2.75) is 38.8 Å². The fourth-order valence-corrected chi connectivity index (χ4v) is 2.57. The van der Waals surface area contributed by atoms with E-state index in [2.05, 4.69) is 19.2 Å². The molecule has 18 heavy (non-hydrogen) atoms. The number of hydrogen-bond donors (Lipinski definition) is 2. The van der Waals surface area contributed by atoms with Crippen molar-refractivity contribution in [1.82, 2.24) is 5.32 Å². The lowest BCUT2D eigenvalue weighted by atomic mass is 9.64. The Kier molecular flexibility index (Phi) is 3.71. The van der Waals surface area contributed by atoms with Crippen LogP contribution in [-0.2, 0) is 11.3 Å². The molecule has 2 N–H and O–H groups in total. The molecular weight excluding hydrogens is 226 g/mol. The van der Waals surface area contributed by atoms with E-state index in [1.54, 1.807) is 0 Å². The molecule has 2 rings (SSSR count). The van der Waals surface area contributed by atoms with E-state index >= 15 is 0 Å². The summed E-state index contributed by atoms with van der Waals surface area (Å²) in [5.41, 5.74) is 0.427. The number of aliphatic carboxylic acids is 1. The minimum absolute atomic E-state index is 0.532. The molecule has 0 spiro atoms. The summed E-state index contributed by atoms with van der Waals surface area (Å²) >= 11 is 0. The lowest BCUT2D eigenvalue weighted by Gasteiger charge is -2.47. The monoisotopic (exact) mass is 247 g/mol. The molecule has 0 saturated heterocycles. The van der Waals surface area contributed by atoms with Crippen molar-refractivity contribution >= 4 is 5.97 Å². The zero-order valence-electron chi connectivity index (χ0n) is 11.0. The highest BCUT2D eigenvalue weighted by molar-refractivity contribution is 5.80. The van der Waals surface area contributed by atoms with Crippen molar-refractivity contribution in [3.63, 3.8) is 0 Å². The van der Waals surface area contributed by atoms with Crippen LogP contribution in [0.5, 0.6) is 0 Å². The topological polar surface area (TPSA) is 49.3 Å². The molecule has 0 amide bonds. The van der Waals surface area contributed by atoms with E-state index in [0.717, 1.165) is 18.4 Å². The van der Waals surface area contributed by atoms with Gasteiger partial charge in [0.15, 0.2) is 0 Å². The Morgan fingerprint density at radius 1 is 1.39 bits per heavy atom. The van der Waals surface area contributed by atoms with Crippen molar-refractivity contribution in [3.8, 4) is 0 Å². The summed E-state index contributed by atoms with van der Waals surface area (Å²) in [5, 5.41) is 12.6. The van der Waals surface area contributed by atoms with E-state index in [4.69, 9.17) is 0 Å². The van der Waals surface area contributed by atoms with E-state index in [1.165, 1.54) is 0 Å². The van der Waals surface area contributed by atoms with Crippen LogP contribution in [-0.4, -0.2) is 16.6 Å². The Morgan fingerprint density at radius 3 is 2.50 bits per heavy atom. The number of nitrogens with one attached hydrogen (secondary N) is 1. The van der Waals surface area contributed by atoms with Gasteiger partial charge in [0.25, 0.3) is 0 Å². The number of hydrogen-bond acceptors (Lipinski definition) is 2. The molecule has 0 bridgehead atoms. The predicted molar refractivity (Wildman–Crippen MR) is 71.2 cm³/mol. The maximum Gasteiger partial charge on any atom is 0.323 e. The van der Waals surface area contributed by atoms with Gasteiger partial charge in [-0.05, 0) is 30.2 Å². The first-order chi connectivity index (χ1) is 8.53. The number of benzene rings is 1. The van der Waals surface area contributed by atoms with Crippen LogP contribution in [0, 0.1) is 11.8 Å². The summed E-state index contributed by atoms with van der Waals surface area (Å²) in [7, 11) is 0. The predicted octanol–water partition coefficient (Wildman–Crippen LogP) is 2.67. The van der Waals surface area contributed by atoms with Gasteiger partial charge in [0.1, 0.15) is 5.54 Å². The highest BCUT2D eigenvalue weighted by Gasteiger charge is 2.50. The van der Waals surface area contributed by atoms with E-state index < -0.39 is 11.5 Å². The first-order valence-corrected chi connectivity index (χ1v) is 6.56. The Bertz CT molecular complexity index is 408. The van der Waals surface area contributed by atoms with Crippen LogP contribution >= 0.6 is 0 Å². The molecule has 98 valence electrons. The Labute approximate surface area is 108 Å². The molecule has 0 radical (unpaired) electrons. The van der Waals surface area contributed by atoms with E-state index in [1.807, 2.05) is 30.3 Å². The molecule has 0 aliphatic heterocycles. The standard InChI is InChI=1S/C15H21NO2/c1-11(2)13-8-15(9-13,14(17)18)16-10-12-6-4-3-5-7-12/h3-7,11,13,16H,8-10H2,1-2H3,(H,17,18).